The van der Waals surface area contributed by atoms with Crippen LogP contribution >= 0.6 is 0 Å². The third-order valence-corrected chi connectivity index (χ3v) is 7.15. The van der Waals surface area contributed by atoms with Gasteiger partial charge in [0, 0.05) is 64.8 Å². The lowest BCUT2D eigenvalue weighted by atomic mass is 10.1. The Bertz CT molecular complexity index is 976. The number of nitrogens with zero attached hydrogens (tertiary/aromatic N) is 5. The van der Waals surface area contributed by atoms with Gasteiger partial charge >= 0.3 is 0 Å². The molecule has 0 saturated carbocycles. The maximum Gasteiger partial charge on any atom is 0.236 e. The number of fused-ring (bicyclic) bond motifs is 2. The number of pyridine rings is 1. The maximum absolute atomic E-state index is 12.2. The van der Waals surface area contributed by atoms with Crippen molar-refractivity contribution < 1.29 is 4.79 Å². The molecule has 2 aliphatic rings. The SMILES string of the molecule is CN1CCN(Cc2ccc(-c3cnc4nc3NCCCC[C@H](N)C(=O)NCCCCCCN4)nc2)CC1. The van der Waals surface area contributed by atoms with Crippen LogP contribution in [0.3, 0.4) is 0 Å². The van der Waals surface area contributed by atoms with Crippen molar-refractivity contribution in [3.05, 3.63) is 30.1 Å². The molecule has 1 atom stereocenters. The molecule has 0 unspecified atom stereocenters. The number of piperazine rings is 1. The lowest BCUT2D eigenvalue weighted by Gasteiger charge is -2.32. The van der Waals surface area contributed by atoms with Gasteiger partial charge in [0.2, 0.25) is 11.9 Å². The summed E-state index contributed by atoms with van der Waals surface area (Å²) in [4.78, 5) is 31.2. The van der Waals surface area contributed by atoms with Crippen LogP contribution in [0.4, 0.5) is 11.8 Å². The van der Waals surface area contributed by atoms with E-state index in [0.29, 0.717) is 18.9 Å². The Morgan fingerprint density at radius 1 is 0.892 bits per heavy atom. The number of nitrogens with one attached hydrogen (secondary N) is 3. The Balaban J connectivity index is 1.42. The third kappa shape index (κ3) is 8.62. The largest absolute Gasteiger partial charge is 0.369 e. The van der Waals surface area contributed by atoms with Crippen LogP contribution in [0.1, 0.15) is 50.5 Å². The van der Waals surface area contributed by atoms with Gasteiger partial charge in [-0.1, -0.05) is 18.9 Å². The summed E-state index contributed by atoms with van der Waals surface area (Å²) in [5.74, 6) is 1.37. The molecule has 1 amide bonds. The van der Waals surface area contributed by atoms with E-state index in [1.54, 1.807) is 0 Å². The zero-order valence-electron chi connectivity index (χ0n) is 22.2. The third-order valence-electron chi connectivity index (χ3n) is 7.15. The van der Waals surface area contributed by atoms with Crippen LogP contribution in [0.5, 0.6) is 0 Å². The van der Waals surface area contributed by atoms with E-state index in [2.05, 4.69) is 49.9 Å². The summed E-state index contributed by atoms with van der Waals surface area (Å²) in [6, 6.07) is 3.78. The molecule has 2 aromatic heterocycles. The number of anilines is 2. The fraction of sp³-hybridized carbons (Fsp3) is 0.630. The van der Waals surface area contributed by atoms with Crippen molar-refractivity contribution in [2.75, 3.05) is 63.5 Å². The van der Waals surface area contributed by atoms with Crippen molar-refractivity contribution in [3.63, 3.8) is 0 Å². The van der Waals surface area contributed by atoms with Gasteiger partial charge in [0.05, 0.1) is 17.3 Å². The minimum atomic E-state index is -0.446. The van der Waals surface area contributed by atoms with Crippen LogP contribution in [0, 0.1) is 0 Å². The number of carbonyl (C=O) groups excluding carboxylic acids is 1. The second-order valence-corrected chi connectivity index (χ2v) is 10.2. The molecule has 0 aromatic carbocycles. The molecule has 2 bridgehead atoms. The van der Waals surface area contributed by atoms with E-state index < -0.39 is 6.04 Å². The number of carbonyl (C=O) groups is 1. The van der Waals surface area contributed by atoms with E-state index in [1.807, 2.05) is 12.4 Å². The van der Waals surface area contributed by atoms with E-state index in [4.69, 9.17) is 15.7 Å². The summed E-state index contributed by atoms with van der Waals surface area (Å²) >= 11 is 0. The van der Waals surface area contributed by atoms with E-state index in [9.17, 15) is 4.79 Å². The van der Waals surface area contributed by atoms with Crippen LogP contribution in [-0.4, -0.2) is 89.6 Å². The molecule has 10 heteroatoms. The molecule has 1 saturated heterocycles. The first-order valence-corrected chi connectivity index (χ1v) is 13.8. The van der Waals surface area contributed by atoms with Crippen molar-refractivity contribution in [2.24, 2.45) is 5.73 Å². The highest BCUT2D eigenvalue weighted by Gasteiger charge is 2.16. The van der Waals surface area contributed by atoms with Crippen LogP contribution in [0.25, 0.3) is 11.3 Å². The lowest BCUT2D eigenvalue weighted by Crippen LogP contribution is -2.43. The Hall–Kier alpha value is -2.82. The van der Waals surface area contributed by atoms with Crippen molar-refractivity contribution in [2.45, 2.75) is 57.5 Å². The summed E-state index contributed by atoms with van der Waals surface area (Å²) in [6.45, 7) is 7.56. The van der Waals surface area contributed by atoms with Crippen molar-refractivity contribution in [1.82, 2.24) is 30.1 Å². The van der Waals surface area contributed by atoms with Crippen molar-refractivity contribution >= 4 is 17.7 Å². The first-order valence-electron chi connectivity index (χ1n) is 13.8. The molecule has 10 nitrogen and oxygen atoms in total. The molecule has 1 fully saturated rings. The van der Waals surface area contributed by atoms with Crippen LogP contribution in [-0.2, 0) is 11.3 Å². The highest BCUT2D eigenvalue weighted by molar-refractivity contribution is 5.81. The number of likely N-dealkylation sites (N-methyl/N-ethyl adjacent to an activating group) is 1. The molecule has 2 aromatic rings. The molecule has 0 radical (unpaired) electrons. The molecule has 0 spiro atoms. The first-order chi connectivity index (χ1) is 18.1. The molecular weight excluding hydrogens is 466 g/mol. The number of amides is 1. The molecular formula is C27H43N9O. The molecule has 5 N–H and O–H groups in total. The van der Waals surface area contributed by atoms with Gasteiger partial charge < -0.3 is 26.6 Å². The normalized spacial score (nSPS) is 21.7. The van der Waals surface area contributed by atoms with Gasteiger partial charge in [-0.2, -0.15) is 4.98 Å². The molecule has 4 heterocycles. The fourth-order valence-corrected chi connectivity index (χ4v) is 4.70. The predicted octanol–water partition coefficient (Wildman–Crippen LogP) is 2.30. The average Bonchev–Trinajstić information content (AvgIpc) is 2.91. The van der Waals surface area contributed by atoms with Crippen molar-refractivity contribution in [1.29, 1.82) is 0 Å². The summed E-state index contributed by atoms with van der Waals surface area (Å²) in [6.07, 6.45) is 10.4. The minimum Gasteiger partial charge on any atom is -0.369 e. The van der Waals surface area contributed by atoms with Crippen LogP contribution in [0.2, 0.25) is 0 Å². The molecule has 37 heavy (non-hydrogen) atoms. The van der Waals surface area contributed by atoms with E-state index in [-0.39, 0.29) is 5.91 Å². The number of hydrogen-bond acceptors (Lipinski definition) is 9. The van der Waals surface area contributed by atoms with Gasteiger partial charge in [-0.3, -0.25) is 14.7 Å². The second kappa shape index (κ2) is 14.2. The fourth-order valence-electron chi connectivity index (χ4n) is 4.70. The molecule has 202 valence electrons. The summed E-state index contributed by atoms with van der Waals surface area (Å²) in [5, 5.41) is 9.81. The number of aromatic nitrogens is 3. The first kappa shape index (κ1) is 27.2. The number of nitrogens with two attached hydrogens (primary N) is 1. The maximum atomic E-state index is 12.2. The highest BCUT2D eigenvalue weighted by Crippen LogP contribution is 2.26. The monoisotopic (exact) mass is 509 g/mol. The Kier molecular flexibility index (Phi) is 10.5. The van der Waals surface area contributed by atoms with Crippen LogP contribution < -0.4 is 21.7 Å². The van der Waals surface area contributed by atoms with Gasteiger partial charge in [-0.25, -0.2) is 4.98 Å². The molecule has 4 rings (SSSR count). The van der Waals surface area contributed by atoms with Gasteiger partial charge in [-0.15, -0.1) is 0 Å². The summed E-state index contributed by atoms with van der Waals surface area (Å²) in [5.41, 5.74) is 9.05. The van der Waals surface area contributed by atoms with E-state index in [1.165, 1.54) is 5.56 Å². The Morgan fingerprint density at radius 3 is 2.38 bits per heavy atom. The smallest absolute Gasteiger partial charge is 0.236 e. The highest BCUT2D eigenvalue weighted by atomic mass is 16.2. The van der Waals surface area contributed by atoms with E-state index >= 15 is 0 Å². The number of hydrogen-bond donors (Lipinski definition) is 4. The Labute approximate surface area is 220 Å². The summed E-state index contributed by atoms with van der Waals surface area (Å²) < 4.78 is 0. The van der Waals surface area contributed by atoms with Crippen LogP contribution in [0.15, 0.2) is 24.5 Å². The minimum absolute atomic E-state index is 0.0411. The number of rotatable bonds is 3. The van der Waals surface area contributed by atoms with Gasteiger partial charge in [-0.05, 0) is 50.8 Å². The van der Waals surface area contributed by atoms with Gasteiger partial charge in [0.15, 0.2) is 0 Å². The van der Waals surface area contributed by atoms with E-state index in [0.717, 1.165) is 101 Å². The van der Waals surface area contributed by atoms with Gasteiger partial charge in [0.25, 0.3) is 0 Å². The lowest BCUT2D eigenvalue weighted by molar-refractivity contribution is -0.122. The summed E-state index contributed by atoms with van der Waals surface area (Å²) in [7, 11) is 2.18. The topological polar surface area (TPSA) is 124 Å². The van der Waals surface area contributed by atoms with Gasteiger partial charge in [0.1, 0.15) is 5.82 Å². The molecule has 2 aliphatic heterocycles. The zero-order chi connectivity index (χ0) is 25.9. The Morgan fingerprint density at radius 2 is 1.62 bits per heavy atom. The predicted molar refractivity (Wildman–Crippen MR) is 148 cm³/mol. The molecule has 0 aliphatic carbocycles. The standard InChI is InChI=1S/C27H43N9O/c1-35-14-16-36(17-15-35)20-21-9-10-24(32-18-21)22-19-33-27-31-13-6-3-2-5-12-30-26(37)23(28)8-4-7-11-29-25(22)34-27/h9-10,18-19,23H,2-8,11-17,20,28H2,1H3,(H,30,37)(H2,29,31,33,34)/t23-/m0/s1. The average molecular weight is 510 g/mol. The second-order valence-electron chi connectivity index (χ2n) is 10.2. The zero-order valence-corrected chi connectivity index (χ0v) is 22.2. The van der Waals surface area contributed by atoms with Crippen molar-refractivity contribution in [3.8, 4) is 11.3 Å². The quantitative estimate of drug-likeness (QED) is 0.493.